The minimum absolute atomic E-state index is 0.283. The normalized spacial score (nSPS) is 17.1. The molecule has 18 heavy (non-hydrogen) atoms. The molecule has 1 fully saturated rings. The van der Waals surface area contributed by atoms with E-state index in [0.29, 0.717) is 11.2 Å². The van der Waals surface area contributed by atoms with Crippen LogP contribution in [0.3, 0.4) is 0 Å². The van der Waals surface area contributed by atoms with E-state index in [1.807, 2.05) is 6.20 Å². The molecule has 94 valence electrons. The molecule has 0 amide bonds. The van der Waals surface area contributed by atoms with Crippen molar-refractivity contribution in [3.8, 4) is 0 Å². The Balaban J connectivity index is 2.11. The number of pyridine rings is 1. The van der Waals surface area contributed by atoms with Crippen molar-refractivity contribution in [2.45, 2.75) is 18.8 Å². The van der Waals surface area contributed by atoms with Gasteiger partial charge in [0.2, 0.25) is 0 Å². The summed E-state index contributed by atoms with van der Waals surface area (Å²) < 4.78 is 1.64. The zero-order valence-electron chi connectivity index (χ0n) is 9.83. The maximum absolute atomic E-state index is 11.4. The summed E-state index contributed by atoms with van der Waals surface area (Å²) in [5, 5.41) is 16.7. The summed E-state index contributed by atoms with van der Waals surface area (Å²) in [4.78, 5) is 15.4. The predicted octanol–water partition coefficient (Wildman–Crippen LogP) is 0.894. The van der Waals surface area contributed by atoms with Gasteiger partial charge in [0.15, 0.2) is 5.65 Å². The van der Waals surface area contributed by atoms with Crippen LogP contribution in [0.15, 0.2) is 18.6 Å². The molecule has 1 aliphatic rings. The molecule has 0 aliphatic carbocycles. The summed E-state index contributed by atoms with van der Waals surface area (Å²) in [6.45, 7) is 1.86. The van der Waals surface area contributed by atoms with E-state index in [9.17, 15) is 9.90 Å². The molecule has 1 aliphatic heterocycles. The van der Waals surface area contributed by atoms with E-state index in [0.717, 1.165) is 31.5 Å². The highest BCUT2D eigenvalue weighted by atomic mass is 16.4. The van der Waals surface area contributed by atoms with Gasteiger partial charge in [0.25, 0.3) is 0 Å². The van der Waals surface area contributed by atoms with Gasteiger partial charge in [-0.25, -0.2) is 14.3 Å². The summed E-state index contributed by atoms with van der Waals surface area (Å²) >= 11 is 0. The second kappa shape index (κ2) is 4.38. The van der Waals surface area contributed by atoms with E-state index in [-0.39, 0.29) is 5.92 Å². The molecule has 0 atom stereocenters. The minimum Gasteiger partial charge on any atom is -0.478 e. The molecule has 6 heteroatoms. The fourth-order valence-corrected chi connectivity index (χ4v) is 2.52. The van der Waals surface area contributed by atoms with Gasteiger partial charge < -0.3 is 10.4 Å². The Kier molecular flexibility index (Phi) is 2.71. The first-order valence-electron chi connectivity index (χ1n) is 6.03. The summed E-state index contributed by atoms with van der Waals surface area (Å²) in [5.74, 6) is -0.611. The van der Waals surface area contributed by atoms with Gasteiger partial charge in [0, 0.05) is 6.20 Å². The first-order chi connectivity index (χ1) is 8.75. The monoisotopic (exact) mass is 246 g/mol. The number of piperidine rings is 1. The largest absolute Gasteiger partial charge is 0.478 e. The van der Waals surface area contributed by atoms with Crippen LogP contribution < -0.4 is 5.32 Å². The first kappa shape index (κ1) is 11.2. The Labute approximate surface area is 104 Å². The number of aromatic carboxylic acids is 1. The Morgan fingerprint density at radius 1 is 1.44 bits per heavy atom. The van der Waals surface area contributed by atoms with E-state index in [2.05, 4.69) is 15.4 Å². The lowest BCUT2D eigenvalue weighted by atomic mass is 9.88. The van der Waals surface area contributed by atoms with E-state index >= 15 is 0 Å². The lowest BCUT2D eigenvalue weighted by Gasteiger charge is -2.24. The highest BCUT2D eigenvalue weighted by Crippen LogP contribution is 2.28. The number of nitrogens with zero attached hydrogens (tertiary/aromatic N) is 3. The number of fused-ring (bicyclic) bond motifs is 1. The van der Waals surface area contributed by atoms with E-state index in [4.69, 9.17) is 0 Å². The zero-order chi connectivity index (χ0) is 12.5. The summed E-state index contributed by atoms with van der Waals surface area (Å²) in [7, 11) is 0. The van der Waals surface area contributed by atoms with Gasteiger partial charge >= 0.3 is 5.97 Å². The number of rotatable bonds is 2. The molecule has 0 spiro atoms. The smallest absolute Gasteiger partial charge is 0.336 e. The Bertz CT molecular complexity index is 587. The van der Waals surface area contributed by atoms with Gasteiger partial charge in [0.05, 0.1) is 5.56 Å². The number of carboxylic acids is 1. The van der Waals surface area contributed by atoms with Crippen LogP contribution in [-0.2, 0) is 0 Å². The number of hydrogen-bond acceptors (Lipinski definition) is 4. The second-order valence-corrected chi connectivity index (χ2v) is 4.53. The third-order valence-electron chi connectivity index (χ3n) is 3.46. The molecule has 2 aromatic heterocycles. The highest BCUT2D eigenvalue weighted by Gasteiger charge is 2.22. The molecule has 0 bridgehead atoms. The van der Waals surface area contributed by atoms with Crippen molar-refractivity contribution in [2.24, 2.45) is 0 Å². The molecule has 0 unspecified atom stereocenters. The molecule has 0 saturated carbocycles. The van der Waals surface area contributed by atoms with Crippen LogP contribution in [0, 0.1) is 0 Å². The van der Waals surface area contributed by atoms with Crippen LogP contribution in [0.5, 0.6) is 0 Å². The third kappa shape index (κ3) is 1.84. The standard InChI is InChI=1S/C12H14N4O2/c17-12(18)9-5-11-14-7-15-16(11)6-10(9)8-1-3-13-4-2-8/h5-8,13H,1-4H2,(H,17,18). The molecule has 2 aromatic rings. The van der Waals surface area contributed by atoms with Gasteiger partial charge in [-0.3, -0.25) is 0 Å². The average Bonchev–Trinajstić information content (AvgIpc) is 2.85. The quantitative estimate of drug-likeness (QED) is 0.822. The fourth-order valence-electron chi connectivity index (χ4n) is 2.52. The van der Waals surface area contributed by atoms with Crippen molar-refractivity contribution in [3.63, 3.8) is 0 Å². The third-order valence-corrected chi connectivity index (χ3v) is 3.46. The molecule has 6 nitrogen and oxygen atoms in total. The van der Waals surface area contributed by atoms with Crippen LogP contribution in [0.1, 0.15) is 34.7 Å². The highest BCUT2D eigenvalue weighted by molar-refractivity contribution is 5.90. The summed E-state index contributed by atoms with van der Waals surface area (Å²) in [5.41, 5.74) is 1.79. The summed E-state index contributed by atoms with van der Waals surface area (Å²) in [6, 6.07) is 1.60. The van der Waals surface area contributed by atoms with Crippen molar-refractivity contribution in [3.05, 3.63) is 29.7 Å². The van der Waals surface area contributed by atoms with Gasteiger partial charge in [-0.15, -0.1) is 0 Å². The predicted molar refractivity (Wildman–Crippen MR) is 64.8 cm³/mol. The van der Waals surface area contributed by atoms with Crippen LogP contribution in [0.2, 0.25) is 0 Å². The minimum atomic E-state index is -0.894. The molecule has 0 aromatic carbocycles. The van der Waals surface area contributed by atoms with Crippen molar-refractivity contribution in [2.75, 3.05) is 13.1 Å². The van der Waals surface area contributed by atoms with Gasteiger partial charge in [-0.1, -0.05) is 0 Å². The number of carboxylic acid groups (broad SMARTS) is 1. The molecule has 2 N–H and O–H groups in total. The molecular weight excluding hydrogens is 232 g/mol. The SMILES string of the molecule is O=C(O)c1cc2ncnn2cc1C1CCNCC1. The number of carbonyl (C=O) groups is 1. The van der Waals surface area contributed by atoms with Crippen molar-refractivity contribution < 1.29 is 9.90 Å². The molecule has 3 heterocycles. The Morgan fingerprint density at radius 2 is 2.22 bits per heavy atom. The molecule has 3 rings (SSSR count). The lowest BCUT2D eigenvalue weighted by molar-refractivity contribution is 0.0694. The Hall–Kier alpha value is -1.95. The van der Waals surface area contributed by atoms with E-state index in [1.54, 1.807) is 10.6 Å². The van der Waals surface area contributed by atoms with E-state index in [1.165, 1.54) is 6.33 Å². The van der Waals surface area contributed by atoms with E-state index < -0.39 is 5.97 Å². The number of hydrogen-bond donors (Lipinski definition) is 2. The first-order valence-corrected chi connectivity index (χ1v) is 6.03. The zero-order valence-corrected chi connectivity index (χ0v) is 9.83. The number of nitrogens with one attached hydrogen (secondary N) is 1. The molecule has 1 saturated heterocycles. The van der Waals surface area contributed by atoms with Crippen molar-refractivity contribution in [1.29, 1.82) is 0 Å². The fraction of sp³-hybridized carbons (Fsp3) is 0.417. The van der Waals surface area contributed by atoms with Crippen molar-refractivity contribution >= 4 is 11.6 Å². The maximum atomic E-state index is 11.4. The van der Waals surface area contributed by atoms with Gasteiger partial charge in [0.1, 0.15) is 6.33 Å². The average molecular weight is 246 g/mol. The van der Waals surface area contributed by atoms with Crippen LogP contribution in [-0.4, -0.2) is 38.8 Å². The second-order valence-electron chi connectivity index (χ2n) is 4.53. The molecule has 0 radical (unpaired) electrons. The van der Waals surface area contributed by atoms with Gasteiger partial charge in [-0.2, -0.15) is 5.10 Å². The van der Waals surface area contributed by atoms with Crippen LogP contribution in [0.4, 0.5) is 0 Å². The molecular formula is C12H14N4O2. The van der Waals surface area contributed by atoms with Crippen LogP contribution >= 0.6 is 0 Å². The summed E-state index contributed by atoms with van der Waals surface area (Å²) in [6.07, 6.45) is 5.16. The number of aromatic nitrogens is 3. The van der Waals surface area contributed by atoms with Crippen molar-refractivity contribution in [1.82, 2.24) is 19.9 Å². The Morgan fingerprint density at radius 3 is 2.94 bits per heavy atom. The topological polar surface area (TPSA) is 79.5 Å². The van der Waals surface area contributed by atoms with Crippen LogP contribution in [0.25, 0.3) is 5.65 Å². The maximum Gasteiger partial charge on any atom is 0.336 e. The van der Waals surface area contributed by atoms with Gasteiger partial charge in [-0.05, 0) is 43.5 Å². The lowest BCUT2D eigenvalue weighted by Crippen LogP contribution is -2.27.